The minimum absolute atomic E-state index is 0.00967. The molecule has 1 heterocycles. The zero-order chi connectivity index (χ0) is 17.1. The van der Waals surface area contributed by atoms with Crippen LogP contribution in [-0.4, -0.2) is 37.1 Å². The van der Waals surface area contributed by atoms with Crippen molar-refractivity contribution in [2.75, 3.05) is 20.2 Å². The zero-order valence-corrected chi connectivity index (χ0v) is 13.8. The zero-order valence-electron chi connectivity index (χ0n) is 13.8. The van der Waals surface area contributed by atoms with Crippen LogP contribution in [0.25, 0.3) is 0 Å². The van der Waals surface area contributed by atoms with E-state index in [0.717, 1.165) is 11.1 Å². The molecule has 0 radical (unpaired) electrons. The van der Waals surface area contributed by atoms with Crippen LogP contribution in [0.4, 0.5) is 4.39 Å². The van der Waals surface area contributed by atoms with Crippen LogP contribution in [0.3, 0.4) is 0 Å². The predicted molar refractivity (Wildman–Crippen MR) is 88.6 cm³/mol. The molecule has 0 atom stereocenters. The van der Waals surface area contributed by atoms with Gasteiger partial charge in [-0.2, -0.15) is 0 Å². The highest BCUT2D eigenvalue weighted by atomic mass is 19.1. The Hall–Kier alpha value is -2.40. The maximum absolute atomic E-state index is 13.6. The number of hydrogen-bond donors (Lipinski definition) is 0. The number of nitrogens with zero attached hydrogens (tertiary/aromatic N) is 1. The first-order valence-corrected chi connectivity index (χ1v) is 7.87. The smallest absolute Gasteiger partial charge is 0.254 e. The van der Waals surface area contributed by atoms with Gasteiger partial charge in [-0.25, -0.2) is 4.39 Å². The number of benzene rings is 2. The van der Waals surface area contributed by atoms with Gasteiger partial charge in [0.2, 0.25) is 0 Å². The van der Waals surface area contributed by atoms with Gasteiger partial charge in [0.05, 0.1) is 19.8 Å². The van der Waals surface area contributed by atoms with Crippen LogP contribution >= 0.6 is 0 Å². The van der Waals surface area contributed by atoms with Crippen molar-refractivity contribution in [3.05, 3.63) is 65.0 Å². The van der Waals surface area contributed by atoms with Crippen molar-refractivity contribution < 1.29 is 18.7 Å². The predicted octanol–water partition coefficient (Wildman–Crippen LogP) is 3.18. The molecule has 0 bridgehead atoms. The first-order valence-electron chi connectivity index (χ1n) is 7.87. The van der Waals surface area contributed by atoms with Crippen molar-refractivity contribution in [1.29, 1.82) is 0 Å². The first kappa shape index (κ1) is 16.5. The van der Waals surface area contributed by atoms with E-state index in [2.05, 4.69) is 0 Å². The molecule has 3 rings (SSSR count). The number of ether oxygens (including phenoxy) is 2. The van der Waals surface area contributed by atoms with Crippen LogP contribution in [0.5, 0.6) is 5.75 Å². The average Bonchev–Trinajstić information content (AvgIpc) is 2.54. The van der Waals surface area contributed by atoms with Gasteiger partial charge in [0.25, 0.3) is 5.91 Å². The molecule has 24 heavy (non-hydrogen) atoms. The molecular formula is C19H20FNO3. The Labute approximate surface area is 140 Å². The summed E-state index contributed by atoms with van der Waals surface area (Å²) in [5, 5.41) is 0. The van der Waals surface area contributed by atoms with Crippen LogP contribution in [0.15, 0.2) is 42.5 Å². The summed E-state index contributed by atoms with van der Waals surface area (Å²) in [5.41, 5.74) is 2.57. The van der Waals surface area contributed by atoms with E-state index in [9.17, 15) is 9.18 Å². The monoisotopic (exact) mass is 329 g/mol. The standard InChI is InChI=1S/C19H20FNO3/c1-13-3-6-15(7-4-13)19(22)21-10-16(11-21)24-12-14-5-8-18(23-2)17(20)9-14/h3-9,16H,10-12H2,1-2H3. The Bertz CT molecular complexity index is 724. The number of rotatable bonds is 5. The molecular weight excluding hydrogens is 309 g/mol. The first-order chi connectivity index (χ1) is 11.6. The second-order valence-corrected chi connectivity index (χ2v) is 5.98. The Morgan fingerprint density at radius 2 is 1.92 bits per heavy atom. The summed E-state index contributed by atoms with van der Waals surface area (Å²) in [7, 11) is 1.43. The van der Waals surface area contributed by atoms with E-state index >= 15 is 0 Å². The average molecular weight is 329 g/mol. The molecule has 126 valence electrons. The number of hydrogen-bond acceptors (Lipinski definition) is 3. The van der Waals surface area contributed by atoms with Crippen LogP contribution < -0.4 is 4.74 Å². The highest BCUT2D eigenvalue weighted by molar-refractivity contribution is 5.94. The topological polar surface area (TPSA) is 38.8 Å². The van der Waals surface area contributed by atoms with Gasteiger partial charge in [0.1, 0.15) is 0 Å². The molecule has 0 unspecified atom stereocenters. The quantitative estimate of drug-likeness (QED) is 0.846. The van der Waals surface area contributed by atoms with E-state index in [1.54, 1.807) is 17.0 Å². The van der Waals surface area contributed by atoms with Gasteiger partial charge in [0.15, 0.2) is 11.6 Å². The number of amides is 1. The summed E-state index contributed by atoms with van der Waals surface area (Å²) < 4.78 is 24.2. The summed E-state index contributed by atoms with van der Waals surface area (Å²) in [6.45, 7) is 3.43. The molecule has 0 saturated carbocycles. The second kappa shape index (κ2) is 7.01. The Balaban J connectivity index is 1.48. The third-order valence-corrected chi connectivity index (χ3v) is 4.14. The highest BCUT2D eigenvalue weighted by Crippen LogP contribution is 2.21. The lowest BCUT2D eigenvalue weighted by Gasteiger charge is -2.39. The number of carbonyl (C=O) groups excluding carboxylic acids is 1. The van der Waals surface area contributed by atoms with Crippen molar-refractivity contribution in [2.45, 2.75) is 19.6 Å². The maximum Gasteiger partial charge on any atom is 0.254 e. The van der Waals surface area contributed by atoms with Crippen LogP contribution in [0, 0.1) is 12.7 Å². The number of halogens is 1. The maximum atomic E-state index is 13.6. The summed E-state index contributed by atoms with van der Waals surface area (Å²) >= 11 is 0. The summed E-state index contributed by atoms with van der Waals surface area (Å²) in [6, 6.07) is 12.3. The minimum Gasteiger partial charge on any atom is -0.494 e. The van der Waals surface area contributed by atoms with Crippen molar-refractivity contribution in [2.24, 2.45) is 0 Å². The summed E-state index contributed by atoms with van der Waals surface area (Å²) in [4.78, 5) is 14.0. The summed E-state index contributed by atoms with van der Waals surface area (Å²) in [5.74, 6) is -0.161. The molecule has 2 aromatic rings. The second-order valence-electron chi connectivity index (χ2n) is 5.98. The number of carbonyl (C=O) groups is 1. The van der Waals surface area contributed by atoms with Crippen molar-refractivity contribution in [3.8, 4) is 5.75 Å². The number of aryl methyl sites for hydroxylation is 1. The van der Waals surface area contributed by atoms with E-state index < -0.39 is 5.82 Å². The van der Waals surface area contributed by atoms with E-state index in [0.29, 0.717) is 25.3 Å². The van der Waals surface area contributed by atoms with Gasteiger partial charge in [-0.05, 0) is 36.8 Å². The molecule has 2 aromatic carbocycles. The Morgan fingerprint density at radius 1 is 1.21 bits per heavy atom. The van der Waals surface area contributed by atoms with Gasteiger partial charge in [-0.15, -0.1) is 0 Å². The normalized spacial score (nSPS) is 14.4. The molecule has 1 saturated heterocycles. The van der Waals surface area contributed by atoms with Gasteiger partial charge < -0.3 is 14.4 Å². The van der Waals surface area contributed by atoms with E-state index in [1.165, 1.54) is 13.2 Å². The summed E-state index contributed by atoms with van der Waals surface area (Å²) in [6.07, 6.45) is -0.00967. The molecule has 0 spiro atoms. The Morgan fingerprint density at radius 3 is 2.54 bits per heavy atom. The molecule has 1 aliphatic heterocycles. The SMILES string of the molecule is COc1ccc(COC2CN(C(=O)c3ccc(C)cc3)C2)cc1F. The molecule has 4 nitrogen and oxygen atoms in total. The van der Waals surface area contributed by atoms with Gasteiger partial charge in [-0.3, -0.25) is 4.79 Å². The van der Waals surface area contributed by atoms with E-state index in [-0.39, 0.29) is 17.8 Å². The number of likely N-dealkylation sites (tertiary alicyclic amines) is 1. The Kier molecular flexibility index (Phi) is 4.81. The van der Waals surface area contributed by atoms with Crippen molar-refractivity contribution in [1.82, 2.24) is 4.90 Å². The fourth-order valence-electron chi connectivity index (χ4n) is 2.60. The fourth-order valence-corrected chi connectivity index (χ4v) is 2.60. The third-order valence-electron chi connectivity index (χ3n) is 4.14. The molecule has 5 heteroatoms. The molecule has 1 amide bonds. The highest BCUT2D eigenvalue weighted by Gasteiger charge is 2.31. The van der Waals surface area contributed by atoms with Crippen molar-refractivity contribution >= 4 is 5.91 Å². The van der Waals surface area contributed by atoms with Gasteiger partial charge in [0, 0.05) is 18.7 Å². The number of methoxy groups -OCH3 is 1. The van der Waals surface area contributed by atoms with Crippen LogP contribution in [-0.2, 0) is 11.3 Å². The molecule has 0 aliphatic carbocycles. The van der Waals surface area contributed by atoms with Crippen LogP contribution in [0.1, 0.15) is 21.5 Å². The molecule has 0 N–H and O–H groups in total. The molecule has 1 fully saturated rings. The van der Waals surface area contributed by atoms with Gasteiger partial charge >= 0.3 is 0 Å². The molecule has 0 aromatic heterocycles. The lowest BCUT2D eigenvalue weighted by molar-refractivity contribution is -0.0503. The van der Waals surface area contributed by atoms with E-state index in [1.807, 2.05) is 31.2 Å². The molecule has 1 aliphatic rings. The minimum atomic E-state index is -0.400. The fraction of sp³-hybridized carbons (Fsp3) is 0.316. The van der Waals surface area contributed by atoms with Crippen LogP contribution in [0.2, 0.25) is 0 Å². The largest absolute Gasteiger partial charge is 0.494 e. The third kappa shape index (κ3) is 3.57. The van der Waals surface area contributed by atoms with Crippen molar-refractivity contribution in [3.63, 3.8) is 0 Å². The lowest BCUT2D eigenvalue weighted by Crippen LogP contribution is -2.54. The lowest BCUT2D eigenvalue weighted by atomic mass is 10.1. The van der Waals surface area contributed by atoms with Gasteiger partial charge in [-0.1, -0.05) is 23.8 Å². The van der Waals surface area contributed by atoms with E-state index in [4.69, 9.17) is 9.47 Å².